The molecule has 0 aromatic carbocycles. The van der Waals surface area contributed by atoms with E-state index < -0.39 is 5.91 Å². The SMILES string of the molecule is NC(=O)CNC(=O)CSc1nncn1C1CC1. The molecule has 1 aromatic heterocycles. The molecule has 7 nitrogen and oxygen atoms in total. The van der Waals surface area contributed by atoms with Gasteiger partial charge in [-0.25, -0.2) is 0 Å². The van der Waals surface area contributed by atoms with Crippen molar-refractivity contribution in [2.24, 2.45) is 5.73 Å². The second-order valence-corrected chi connectivity index (χ2v) is 4.73. The highest BCUT2D eigenvalue weighted by Crippen LogP contribution is 2.37. The van der Waals surface area contributed by atoms with Crippen LogP contribution in [-0.4, -0.2) is 38.9 Å². The molecule has 0 unspecified atom stereocenters. The van der Waals surface area contributed by atoms with Gasteiger partial charge in [0.2, 0.25) is 11.8 Å². The Labute approximate surface area is 102 Å². The molecule has 8 heteroatoms. The zero-order valence-electron chi connectivity index (χ0n) is 9.13. The van der Waals surface area contributed by atoms with E-state index in [0.717, 1.165) is 18.0 Å². The highest BCUT2D eigenvalue weighted by atomic mass is 32.2. The van der Waals surface area contributed by atoms with Crippen LogP contribution in [0.15, 0.2) is 11.5 Å². The van der Waals surface area contributed by atoms with Gasteiger partial charge in [0, 0.05) is 6.04 Å². The second kappa shape index (κ2) is 5.17. The Morgan fingerprint density at radius 3 is 3.00 bits per heavy atom. The quantitative estimate of drug-likeness (QED) is 0.655. The number of nitrogens with two attached hydrogens (primary N) is 1. The molecule has 1 fully saturated rings. The van der Waals surface area contributed by atoms with Crippen molar-refractivity contribution < 1.29 is 9.59 Å². The summed E-state index contributed by atoms with van der Waals surface area (Å²) < 4.78 is 1.98. The molecule has 2 amide bonds. The molecule has 0 aliphatic heterocycles. The van der Waals surface area contributed by atoms with E-state index >= 15 is 0 Å². The molecule has 17 heavy (non-hydrogen) atoms. The molecule has 92 valence electrons. The molecule has 1 aliphatic carbocycles. The first-order valence-corrected chi connectivity index (χ1v) is 6.22. The topological polar surface area (TPSA) is 103 Å². The maximum Gasteiger partial charge on any atom is 0.236 e. The lowest BCUT2D eigenvalue weighted by Crippen LogP contribution is -2.34. The third-order valence-electron chi connectivity index (χ3n) is 2.27. The number of hydrogen-bond donors (Lipinski definition) is 2. The van der Waals surface area contributed by atoms with Gasteiger partial charge in [0.15, 0.2) is 5.16 Å². The maximum atomic E-state index is 11.3. The van der Waals surface area contributed by atoms with Crippen molar-refractivity contribution in [2.45, 2.75) is 24.0 Å². The molecule has 0 bridgehead atoms. The van der Waals surface area contributed by atoms with Gasteiger partial charge in [-0.15, -0.1) is 10.2 Å². The first kappa shape index (κ1) is 11.9. The van der Waals surface area contributed by atoms with Gasteiger partial charge in [-0.3, -0.25) is 9.59 Å². The van der Waals surface area contributed by atoms with Crippen molar-refractivity contribution in [1.82, 2.24) is 20.1 Å². The van der Waals surface area contributed by atoms with E-state index in [9.17, 15) is 9.59 Å². The molecule has 0 spiro atoms. The van der Waals surface area contributed by atoms with Crippen molar-refractivity contribution in [3.05, 3.63) is 6.33 Å². The summed E-state index contributed by atoms with van der Waals surface area (Å²) in [4.78, 5) is 21.8. The van der Waals surface area contributed by atoms with E-state index in [4.69, 9.17) is 5.73 Å². The number of aromatic nitrogens is 3. The molecule has 0 atom stereocenters. The number of rotatable bonds is 6. The fraction of sp³-hybridized carbons (Fsp3) is 0.556. The lowest BCUT2D eigenvalue weighted by molar-refractivity contribution is -0.123. The van der Waals surface area contributed by atoms with Gasteiger partial charge in [0.25, 0.3) is 0 Å². The molecule has 1 aromatic rings. The van der Waals surface area contributed by atoms with E-state index in [1.165, 1.54) is 11.8 Å². The van der Waals surface area contributed by atoms with Crippen molar-refractivity contribution in [3.8, 4) is 0 Å². The van der Waals surface area contributed by atoms with Crippen LogP contribution < -0.4 is 11.1 Å². The summed E-state index contributed by atoms with van der Waals surface area (Å²) in [6, 6.07) is 0.487. The average molecular weight is 255 g/mol. The monoisotopic (exact) mass is 255 g/mol. The zero-order valence-corrected chi connectivity index (χ0v) is 9.94. The molecule has 1 heterocycles. The smallest absolute Gasteiger partial charge is 0.236 e. The van der Waals surface area contributed by atoms with Crippen molar-refractivity contribution in [2.75, 3.05) is 12.3 Å². The summed E-state index contributed by atoms with van der Waals surface area (Å²) in [5.41, 5.74) is 4.92. The van der Waals surface area contributed by atoms with Gasteiger partial charge in [-0.2, -0.15) is 0 Å². The second-order valence-electron chi connectivity index (χ2n) is 3.78. The number of thioether (sulfide) groups is 1. The summed E-state index contributed by atoms with van der Waals surface area (Å²) in [6.07, 6.45) is 3.96. The number of nitrogens with one attached hydrogen (secondary N) is 1. The minimum absolute atomic E-state index is 0.130. The van der Waals surface area contributed by atoms with Crippen LogP contribution in [0.3, 0.4) is 0 Å². The Hall–Kier alpha value is -1.57. The molecular formula is C9H13N5O2S. The van der Waals surface area contributed by atoms with E-state index in [2.05, 4.69) is 15.5 Å². The van der Waals surface area contributed by atoms with Gasteiger partial charge in [-0.05, 0) is 12.8 Å². The first-order chi connectivity index (χ1) is 8.16. The largest absolute Gasteiger partial charge is 0.368 e. The summed E-state index contributed by atoms with van der Waals surface area (Å²) in [5, 5.41) is 10.9. The van der Waals surface area contributed by atoms with Crippen LogP contribution in [0.2, 0.25) is 0 Å². The van der Waals surface area contributed by atoms with Crippen LogP contribution in [0, 0.1) is 0 Å². The number of amides is 2. The minimum Gasteiger partial charge on any atom is -0.368 e. The van der Waals surface area contributed by atoms with E-state index in [0.29, 0.717) is 6.04 Å². The summed E-state index contributed by atoms with van der Waals surface area (Å²) in [6.45, 7) is -0.130. The standard InChI is InChI=1S/C9H13N5O2S/c10-7(15)3-11-8(16)4-17-9-13-12-5-14(9)6-1-2-6/h5-6H,1-4H2,(H2,10,15)(H,11,16). The molecular weight excluding hydrogens is 242 g/mol. The summed E-state index contributed by atoms with van der Waals surface area (Å²) in [7, 11) is 0. The Balaban J connectivity index is 1.78. The van der Waals surface area contributed by atoms with E-state index in [1.807, 2.05) is 4.57 Å². The number of carbonyl (C=O) groups excluding carboxylic acids is 2. The molecule has 0 radical (unpaired) electrons. The van der Waals surface area contributed by atoms with Gasteiger partial charge in [0.05, 0.1) is 12.3 Å². The third-order valence-corrected chi connectivity index (χ3v) is 3.23. The fourth-order valence-corrected chi connectivity index (χ4v) is 2.12. The Morgan fingerprint density at radius 2 is 2.35 bits per heavy atom. The number of primary amides is 1. The minimum atomic E-state index is -0.551. The van der Waals surface area contributed by atoms with Crippen LogP contribution >= 0.6 is 11.8 Å². The van der Waals surface area contributed by atoms with Crippen LogP contribution in [0.25, 0.3) is 0 Å². The predicted octanol–water partition coefficient (Wildman–Crippen LogP) is -0.693. The van der Waals surface area contributed by atoms with Gasteiger partial charge < -0.3 is 15.6 Å². The maximum absolute atomic E-state index is 11.3. The van der Waals surface area contributed by atoms with Crippen molar-refractivity contribution >= 4 is 23.6 Å². The van der Waals surface area contributed by atoms with Crippen LogP contribution in [0.1, 0.15) is 18.9 Å². The number of carbonyl (C=O) groups is 2. The average Bonchev–Trinajstić information content (AvgIpc) is 3.03. The van der Waals surface area contributed by atoms with Crippen molar-refractivity contribution in [3.63, 3.8) is 0 Å². The molecule has 3 N–H and O–H groups in total. The summed E-state index contributed by atoms with van der Waals surface area (Å²) >= 11 is 1.31. The van der Waals surface area contributed by atoms with Gasteiger partial charge >= 0.3 is 0 Å². The van der Waals surface area contributed by atoms with Gasteiger partial charge in [0.1, 0.15) is 6.33 Å². The van der Waals surface area contributed by atoms with Crippen LogP contribution in [0.4, 0.5) is 0 Å². The Bertz CT molecular complexity index is 429. The third kappa shape index (κ3) is 3.45. The highest BCUT2D eigenvalue weighted by Gasteiger charge is 2.26. The number of hydrogen-bond acceptors (Lipinski definition) is 5. The Morgan fingerprint density at radius 1 is 1.59 bits per heavy atom. The molecule has 2 rings (SSSR count). The zero-order chi connectivity index (χ0) is 12.3. The Kier molecular flexibility index (Phi) is 3.62. The predicted molar refractivity (Wildman–Crippen MR) is 61.2 cm³/mol. The first-order valence-electron chi connectivity index (χ1n) is 5.24. The van der Waals surface area contributed by atoms with E-state index in [1.54, 1.807) is 6.33 Å². The molecule has 1 saturated carbocycles. The lowest BCUT2D eigenvalue weighted by atomic mass is 10.6. The highest BCUT2D eigenvalue weighted by molar-refractivity contribution is 7.99. The fourth-order valence-electron chi connectivity index (χ4n) is 1.31. The van der Waals surface area contributed by atoms with Crippen molar-refractivity contribution in [1.29, 1.82) is 0 Å². The van der Waals surface area contributed by atoms with Crippen LogP contribution in [-0.2, 0) is 9.59 Å². The summed E-state index contributed by atoms with van der Waals surface area (Å²) in [5.74, 6) is -0.581. The van der Waals surface area contributed by atoms with E-state index in [-0.39, 0.29) is 18.2 Å². The molecule has 1 aliphatic rings. The lowest BCUT2D eigenvalue weighted by Gasteiger charge is -2.04. The number of nitrogens with zero attached hydrogens (tertiary/aromatic N) is 3. The normalized spacial score (nSPS) is 14.6. The van der Waals surface area contributed by atoms with Gasteiger partial charge in [-0.1, -0.05) is 11.8 Å². The molecule has 0 saturated heterocycles. The van der Waals surface area contributed by atoms with Crippen LogP contribution in [0.5, 0.6) is 0 Å².